The molecule has 1 unspecified atom stereocenters. The SMILES string of the molecule is CCOc1ccc(C2CCCN2c2ccc(C#N)nn2)cc1. The van der Waals surface area contributed by atoms with Crippen LogP contribution in [0.5, 0.6) is 5.75 Å². The molecule has 5 heteroatoms. The maximum Gasteiger partial charge on any atom is 0.163 e. The standard InChI is InChI=1S/C17H18N4O/c1-2-22-15-8-5-13(6-9-15)16-4-3-11-21(16)17-10-7-14(12-18)19-20-17/h5-10,16H,2-4,11H2,1H3. The van der Waals surface area contributed by atoms with E-state index in [4.69, 9.17) is 10.00 Å². The highest BCUT2D eigenvalue weighted by Crippen LogP contribution is 2.35. The van der Waals surface area contributed by atoms with Crippen LogP contribution in [0.1, 0.15) is 37.1 Å². The zero-order valence-electron chi connectivity index (χ0n) is 12.6. The molecule has 1 atom stereocenters. The van der Waals surface area contributed by atoms with Gasteiger partial charge in [-0.15, -0.1) is 10.2 Å². The minimum Gasteiger partial charge on any atom is -0.494 e. The predicted molar refractivity (Wildman–Crippen MR) is 83.7 cm³/mol. The van der Waals surface area contributed by atoms with Gasteiger partial charge in [0, 0.05) is 6.54 Å². The summed E-state index contributed by atoms with van der Waals surface area (Å²) < 4.78 is 5.49. The summed E-state index contributed by atoms with van der Waals surface area (Å²) >= 11 is 0. The number of hydrogen-bond acceptors (Lipinski definition) is 5. The van der Waals surface area contributed by atoms with E-state index in [9.17, 15) is 0 Å². The van der Waals surface area contributed by atoms with E-state index in [-0.39, 0.29) is 0 Å². The molecule has 1 aromatic heterocycles. The van der Waals surface area contributed by atoms with Crippen molar-refractivity contribution in [3.05, 3.63) is 47.7 Å². The Labute approximate surface area is 130 Å². The molecule has 0 aliphatic carbocycles. The van der Waals surface area contributed by atoms with Crippen LogP contribution in [-0.2, 0) is 0 Å². The average Bonchev–Trinajstić information content (AvgIpc) is 3.05. The van der Waals surface area contributed by atoms with Gasteiger partial charge in [0.05, 0.1) is 12.6 Å². The second-order valence-corrected chi connectivity index (χ2v) is 5.24. The van der Waals surface area contributed by atoms with Gasteiger partial charge < -0.3 is 9.64 Å². The van der Waals surface area contributed by atoms with Gasteiger partial charge in [-0.1, -0.05) is 12.1 Å². The van der Waals surface area contributed by atoms with E-state index in [1.165, 1.54) is 5.56 Å². The molecule has 2 heterocycles. The summed E-state index contributed by atoms with van der Waals surface area (Å²) in [6.07, 6.45) is 2.22. The van der Waals surface area contributed by atoms with Gasteiger partial charge in [0.25, 0.3) is 0 Å². The molecule has 3 rings (SSSR count). The van der Waals surface area contributed by atoms with Crippen LogP contribution in [0, 0.1) is 11.3 Å². The van der Waals surface area contributed by atoms with Gasteiger partial charge in [-0.2, -0.15) is 5.26 Å². The summed E-state index contributed by atoms with van der Waals surface area (Å²) in [6, 6.07) is 14.2. The van der Waals surface area contributed by atoms with E-state index >= 15 is 0 Å². The number of rotatable bonds is 4. The molecule has 1 aliphatic rings. The largest absolute Gasteiger partial charge is 0.494 e. The Balaban J connectivity index is 1.81. The molecule has 0 radical (unpaired) electrons. The summed E-state index contributed by atoms with van der Waals surface area (Å²) in [6.45, 7) is 3.62. The third-order valence-electron chi connectivity index (χ3n) is 3.89. The highest BCUT2D eigenvalue weighted by atomic mass is 16.5. The lowest BCUT2D eigenvalue weighted by Gasteiger charge is -2.25. The van der Waals surface area contributed by atoms with Crippen LogP contribution in [0.4, 0.5) is 5.82 Å². The first-order valence-corrected chi connectivity index (χ1v) is 7.55. The third kappa shape index (κ3) is 2.86. The summed E-state index contributed by atoms with van der Waals surface area (Å²) in [5.41, 5.74) is 1.60. The maximum absolute atomic E-state index is 8.82. The Morgan fingerprint density at radius 1 is 1.23 bits per heavy atom. The smallest absolute Gasteiger partial charge is 0.163 e. The van der Waals surface area contributed by atoms with Crippen LogP contribution < -0.4 is 9.64 Å². The van der Waals surface area contributed by atoms with Crippen molar-refractivity contribution in [2.45, 2.75) is 25.8 Å². The Morgan fingerprint density at radius 2 is 2.05 bits per heavy atom. The van der Waals surface area contributed by atoms with E-state index in [2.05, 4.69) is 27.2 Å². The molecule has 0 saturated carbocycles. The molecule has 1 fully saturated rings. The van der Waals surface area contributed by atoms with Crippen molar-refractivity contribution in [1.82, 2.24) is 10.2 Å². The molecule has 1 saturated heterocycles. The average molecular weight is 294 g/mol. The number of nitrogens with zero attached hydrogens (tertiary/aromatic N) is 4. The van der Waals surface area contributed by atoms with Gasteiger partial charge in [-0.05, 0) is 49.6 Å². The van der Waals surface area contributed by atoms with Crippen molar-refractivity contribution in [3.63, 3.8) is 0 Å². The lowest BCUT2D eigenvalue weighted by Crippen LogP contribution is -2.23. The van der Waals surface area contributed by atoms with Crippen molar-refractivity contribution < 1.29 is 4.74 Å². The van der Waals surface area contributed by atoms with Crippen LogP contribution in [-0.4, -0.2) is 23.3 Å². The van der Waals surface area contributed by atoms with E-state index in [1.807, 2.05) is 31.2 Å². The number of aromatic nitrogens is 2. The summed E-state index contributed by atoms with van der Waals surface area (Å²) in [5.74, 6) is 1.73. The quantitative estimate of drug-likeness (QED) is 0.867. The molecule has 5 nitrogen and oxygen atoms in total. The van der Waals surface area contributed by atoms with Gasteiger partial charge in [-0.25, -0.2) is 0 Å². The molecule has 22 heavy (non-hydrogen) atoms. The van der Waals surface area contributed by atoms with Crippen LogP contribution in [0.3, 0.4) is 0 Å². The first-order valence-electron chi connectivity index (χ1n) is 7.55. The topological polar surface area (TPSA) is 62.0 Å². The van der Waals surface area contributed by atoms with Gasteiger partial charge in [0.1, 0.15) is 11.8 Å². The molecule has 1 aromatic carbocycles. The maximum atomic E-state index is 8.82. The fourth-order valence-corrected chi connectivity index (χ4v) is 2.88. The number of ether oxygens (including phenoxy) is 1. The van der Waals surface area contributed by atoms with E-state index in [1.54, 1.807) is 6.07 Å². The van der Waals surface area contributed by atoms with Crippen LogP contribution in [0.25, 0.3) is 0 Å². The molecule has 0 N–H and O–H groups in total. The number of anilines is 1. The Morgan fingerprint density at radius 3 is 2.68 bits per heavy atom. The van der Waals surface area contributed by atoms with Gasteiger partial charge in [0.15, 0.2) is 11.5 Å². The first kappa shape index (κ1) is 14.3. The third-order valence-corrected chi connectivity index (χ3v) is 3.89. The monoisotopic (exact) mass is 294 g/mol. The fraction of sp³-hybridized carbons (Fsp3) is 0.353. The van der Waals surface area contributed by atoms with Gasteiger partial charge >= 0.3 is 0 Å². The number of hydrogen-bond donors (Lipinski definition) is 0. The summed E-state index contributed by atoms with van der Waals surface area (Å²) in [5, 5.41) is 16.9. The van der Waals surface area contributed by atoms with Crippen molar-refractivity contribution in [3.8, 4) is 11.8 Å². The Bertz CT molecular complexity index is 661. The second-order valence-electron chi connectivity index (χ2n) is 5.24. The molecule has 1 aliphatic heterocycles. The van der Waals surface area contributed by atoms with E-state index in [0.29, 0.717) is 18.3 Å². The van der Waals surface area contributed by atoms with E-state index in [0.717, 1.165) is 31.0 Å². The van der Waals surface area contributed by atoms with Crippen molar-refractivity contribution in [2.75, 3.05) is 18.1 Å². The minimum atomic E-state index is 0.304. The summed E-state index contributed by atoms with van der Waals surface area (Å²) in [7, 11) is 0. The molecular formula is C17H18N4O. The van der Waals surface area contributed by atoms with Crippen molar-refractivity contribution >= 4 is 5.82 Å². The molecule has 0 amide bonds. The van der Waals surface area contributed by atoms with E-state index < -0.39 is 0 Å². The summed E-state index contributed by atoms with van der Waals surface area (Å²) in [4.78, 5) is 2.25. The Hall–Kier alpha value is -2.61. The number of nitriles is 1. The van der Waals surface area contributed by atoms with Gasteiger partial charge in [-0.3, -0.25) is 0 Å². The zero-order chi connectivity index (χ0) is 15.4. The zero-order valence-corrected chi connectivity index (χ0v) is 12.6. The molecular weight excluding hydrogens is 276 g/mol. The first-order chi connectivity index (χ1) is 10.8. The molecule has 112 valence electrons. The van der Waals surface area contributed by atoms with Crippen LogP contribution in [0.15, 0.2) is 36.4 Å². The highest BCUT2D eigenvalue weighted by Gasteiger charge is 2.27. The molecule has 2 aromatic rings. The predicted octanol–water partition coefficient (Wildman–Crippen LogP) is 3.09. The van der Waals surface area contributed by atoms with Gasteiger partial charge in [0.2, 0.25) is 0 Å². The lowest BCUT2D eigenvalue weighted by atomic mass is 10.0. The van der Waals surface area contributed by atoms with Crippen LogP contribution in [0.2, 0.25) is 0 Å². The van der Waals surface area contributed by atoms with Crippen molar-refractivity contribution in [1.29, 1.82) is 5.26 Å². The highest BCUT2D eigenvalue weighted by molar-refractivity contribution is 5.45. The minimum absolute atomic E-state index is 0.304. The van der Waals surface area contributed by atoms with Crippen LogP contribution >= 0.6 is 0 Å². The molecule has 0 spiro atoms. The lowest BCUT2D eigenvalue weighted by molar-refractivity contribution is 0.340. The fourth-order valence-electron chi connectivity index (χ4n) is 2.88. The second kappa shape index (κ2) is 6.44. The number of benzene rings is 1. The molecule has 0 bridgehead atoms. The normalized spacial score (nSPS) is 17.3. The Kier molecular flexibility index (Phi) is 4.19. The van der Waals surface area contributed by atoms with Crippen molar-refractivity contribution in [2.24, 2.45) is 0 Å².